The number of hydrogen-bond acceptors (Lipinski definition) is 4. The molecule has 23 heavy (non-hydrogen) atoms. The zero-order valence-electron chi connectivity index (χ0n) is 12.3. The predicted molar refractivity (Wildman–Crippen MR) is 95.4 cm³/mol. The van der Waals surface area contributed by atoms with Gasteiger partial charge in [0.2, 0.25) is 0 Å². The van der Waals surface area contributed by atoms with Crippen LogP contribution >= 0.6 is 36.2 Å². The van der Waals surface area contributed by atoms with Crippen LogP contribution in [0.1, 0.15) is 22.5 Å². The van der Waals surface area contributed by atoms with Gasteiger partial charge in [-0.25, -0.2) is 9.37 Å². The van der Waals surface area contributed by atoms with Crippen molar-refractivity contribution in [1.29, 1.82) is 0 Å². The molecular weight excluding hydrogens is 360 g/mol. The molecule has 3 rings (SSSR count). The Morgan fingerprint density at radius 1 is 1.35 bits per heavy atom. The lowest BCUT2D eigenvalue weighted by atomic mass is 10.1. The Balaban J connectivity index is 0.00000132. The minimum Gasteiger partial charge on any atom is -0.347 e. The Labute approximate surface area is 150 Å². The van der Waals surface area contributed by atoms with E-state index in [4.69, 9.17) is 0 Å². The van der Waals surface area contributed by atoms with E-state index >= 15 is 0 Å². The van der Waals surface area contributed by atoms with Gasteiger partial charge in [-0.15, -0.1) is 36.2 Å². The molecule has 8 heteroatoms. The van der Waals surface area contributed by atoms with Crippen LogP contribution in [0.15, 0.2) is 30.5 Å². The SMILES string of the molecule is Cl.Cl.O=C(NC1CCCNC1)c1cnc(-c2ccccc2F)s1. The largest absolute Gasteiger partial charge is 0.347 e. The Bertz CT molecular complexity index is 647. The van der Waals surface area contributed by atoms with E-state index in [2.05, 4.69) is 15.6 Å². The van der Waals surface area contributed by atoms with Gasteiger partial charge in [-0.05, 0) is 31.5 Å². The molecule has 126 valence electrons. The molecular formula is C15H18Cl2FN3OS. The van der Waals surface area contributed by atoms with Crippen LogP contribution in [0, 0.1) is 5.82 Å². The second-order valence-corrected chi connectivity index (χ2v) is 6.06. The lowest BCUT2D eigenvalue weighted by Gasteiger charge is -2.23. The first kappa shape index (κ1) is 19.8. The fourth-order valence-corrected chi connectivity index (χ4v) is 3.22. The Hall–Kier alpha value is -1.21. The van der Waals surface area contributed by atoms with Crippen LogP contribution in [0.4, 0.5) is 4.39 Å². The van der Waals surface area contributed by atoms with Crippen molar-refractivity contribution < 1.29 is 9.18 Å². The summed E-state index contributed by atoms with van der Waals surface area (Å²) in [5.74, 6) is -0.459. The summed E-state index contributed by atoms with van der Waals surface area (Å²) in [6, 6.07) is 6.61. The minimum atomic E-state index is -0.324. The first-order valence-electron chi connectivity index (χ1n) is 6.96. The Morgan fingerprint density at radius 3 is 2.83 bits per heavy atom. The van der Waals surface area contributed by atoms with Crippen molar-refractivity contribution in [2.75, 3.05) is 13.1 Å². The third kappa shape index (κ3) is 4.88. The van der Waals surface area contributed by atoms with Crippen LogP contribution in [0.2, 0.25) is 0 Å². The number of nitrogens with zero attached hydrogens (tertiary/aromatic N) is 1. The molecule has 1 atom stereocenters. The van der Waals surface area contributed by atoms with Crippen molar-refractivity contribution in [2.24, 2.45) is 0 Å². The van der Waals surface area contributed by atoms with Crippen LogP contribution in [0.25, 0.3) is 10.6 Å². The zero-order valence-corrected chi connectivity index (χ0v) is 14.7. The number of carbonyl (C=O) groups excluding carboxylic acids is 1. The van der Waals surface area contributed by atoms with Crippen LogP contribution in [-0.4, -0.2) is 30.0 Å². The number of thiazole rings is 1. The summed E-state index contributed by atoms with van der Waals surface area (Å²) in [7, 11) is 0. The molecule has 2 heterocycles. The molecule has 1 unspecified atom stereocenters. The molecule has 1 aromatic carbocycles. The maximum absolute atomic E-state index is 13.7. The molecule has 4 nitrogen and oxygen atoms in total. The van der Waals surface area contributed by atoms with E-state index in [0.717, 1.165) is 25.9 Å². The molecule has 1 fully saturated rings. The van der Waals surface area contributed by atoms with Crippen LogP contribution in [-0.2, 0) is 0 Å². The lowest BCUT2D eigenvalue weighted by Crippen LogP contribution is -2.45. The van der Waals surface area contributed by atoms with Crippen LogP contribution in [0.3, 0.4) is 0 Å². The number of amides is 1. The molecule has 1 aliphatic rings. The van der Waals surface area contributed by atoms with Crippen molar-refractivity contribution >= 4 is 42.1 Å². The van der Waals surface area contributed by atoms with E-state index in [1.165, 1.54) is 23.6 Å². The molecule has 0 aliphatic carbocycles. The smallest absolute Gasteiger partial charge is 0.263 e. The predicted octanol–water partition coefficient (Wildman–Crippen LogP) is 3.27. The molecule has 1 aliphatic heterocycles. The zero-order chi connectivity index (χ0) is 14.7. The van der Waals surface area contributed by atoms with Crippen molar-refractivity contribution in [2.45, 2.75) is 18.9 Å². The highest BCUT2D eigenvalue weighted by Gasteiger charge is 2.18. The summed E-state index contributed by atoms with van der Waals surface area (Å²) >= 11 is 1.21. The van der Waals surface area contributed by atoms with Crippen LogP contribution in [0.5, 0.6) is 0 Å². The van der Waals surface area contributed by atoms with E-state index in [-0.39, 0.29) is 42.6 Å². The van der Waals surface area contributed by atoms with Gasteiger partial charge >= 0.3 is 0 Å². The first-order valence-corrected chi connectivity index (χ1v) is 7.78. The molecule has 1 saturated heterocycles. The average Bonchev–Trinajstić information content (AvgIpc) is 2.98. The van der Waals surface area contributed by atoms with Crippen molar-refractivity contribution in [3.8, 4) is 10.6 Å². The molecule has 0 radical (unpaired) electrons. The van der Waals surface area contributed by atoms with Crippen molar-refractivity contribution in [3.05, 3.63) is 41.2 Å². The lowest BCUT2D eigenvalue weighted by molar-refractivity contribution is 0.0934. The molecule has 0 saturated carbocycles. The van der Waals surface area contributed by atoms with E-state index in [9.17, 15) is 9.18 Å². The fourth-order valence-electron chi connectivity index (χ4n) is 2.37. The van der Waals surface area contributed by atoms with E-state index in [1.807, 2.05) is 0 Å². The Morgan fingerprint density at radius 2 is 2.13 bits per heavy atom. The van der Waals surface area contributed by atoms with Gasteiger partial charge in [0.15, 0.2) is 0 Å². The van der Waals surface area contributed by atoms with Gasteiger partial charge in [-0.2, -0.15) is 0 Å². The van der Waals surface area contributed by atoms with Gasteiger partial charge < -0.3 is 10.6 Å². The van der Waals surface area contributed by atoms with Gasteiger partial charge in [0.05, 0.1) is 6.20 Å². The topological polar surface area (TPSA) is 54.0 Å². The third-order valence-electron chi connectivity index (χ3n) is 3.47. The molecule has 0 bridgehead atoms. The normalized spacial score (nSPS) is 16.8. The number of nitrogens with one attached hydrogen (secondary N) is 2. The quantitative estimate of drug-likeness (QED) is 0.862. The van der Waals surface area contributed by atoms with Gasteiger partial charge in [0, 0.05) is 18.2 Å². The monoisotopic (exact) mass is 377 g/mol. The summed E-state index contributed by atoms with van der Waals surface area (Å²) in [6.07, 6.45) is 3.56. The Kier molecular flexibility index (Phi) is 7.91. The molecule has 1 amide bonds. The average molecular weight is 378 g/mol. The highest BCUT2D eigenvalue weighted by molar-refractivity contribution is 7.16. The minimum absolute atomic E-state index is 0. The van der Waals surface area contributed by atoms with Gasteiger partial charge in [-0.3, -0.25) is 4.79 Å². The van der Waals surface area contributed by atoms with Gasteiger partial charge in [0.1, 0.15) is 15.7 Å². The van der Waals surface area contributed by atoms with E-state index in [1.54, 1.807) is 18.2 Å². The van der Waals surface area contributed by atoms with Gasteiger partial charge in [0.25, 0.3) is 5.91 Å². The van der Waals surface area contributed by atoms with Crippen molar-refractivity contribution in [1.82, 2.24) is 15.6 Å². The van der Waals surface area contributed by atoms with Crippen LogP contribution < -0.4 is 10.6 Å². The third-order valence-corrected chi connectivity index (χ3v) is 4.50. The maximum atomic E-state index is 13.7. The number of aromatic nitrogens is 1. The highest BCUT2D eigenvalue weighted by Crippen LogP contribution is 2.27. The number of hydrogen-bond donors (Lipinski definition) is 2. The van der Waals surface area contributed by atoms with Crippen molar-refractivity contribution in [3.63, 3.8) is 0 Å². The summed E-state index contributed by atoms with van der Waals surface area (Å²) in [4.78, 5) is 16.9. The molecule has 1 aromatic heterocycles. The standard InChI is InChI=1S/C15H16FN3OS.2ClH/c16-12-6-2-1-5-11(12)15-18-9-13(21-15)14(20)19-10-4-3-7-17-8-10;;/h1-2,5-6,9-10,17H,3-4,7-8H2,(H,19,20);2*1H. The summed E-state index contributed by atoms with van der Waals surface area (Å²) < 4.78 is 13.7. The molecule has 2 N–H and O–H groups in total. The van der Waals surface area contributed by atoms with Gasteiger partial charge in [-0.1, -0.05) is 12.1 Å². The fraction of sp³-hybridized carbons (Fsp3) is 0.333. The summed E-state index contributed by atoms with van der Waals surface area (Å²) in [5, 5.41) is 6.77. The number of rotatable bonds is 3. The van der Waals surface area contributed by atoms with E-state index < -0.39 is 0 Å². The second-order valence-electron chi connectivity index (χ2n) is 5.03. The maximum Gasteiger partial charge on any atom is 0.263 e. The number of benzene rings is 1. The molecule has 2 aromatic rings. The summed E-state index contributed by atoms with van der Waals surface area (Å²) in [5.41, 5.74) is 0.431. The number of carbonyl (C=O) groups is 1. The highest BCUT2D eigenvalue weighted by atomic mass is 35.5. The summed E-state index contributed by atoms with van der Waals surface area (Å²) in [6.45, 7) is 1.80. The molecule has 0 spiro atoms. The van der Waals surface area contributed by atoms with E-state index in [0.29, 0.717) is 15.4 Å². The first-order chi connectivity index (χ1) is 10.2. The second kappa shape index (κ2) is 9.17. The number of halogens is 3. The number of piperidine rings is 1.